The monoisotopic (exact) mass is 399 g/mol. The van der Waals surface area contributed by atoms with Crippen molar-refractivity contribution >= 4 is 34.2 Å². The SMILES string of the molecule is Cn1ncc2c(=O)n(CCC(=O)Nc3ccc(Cl)c(C(F)(F)F)c3)cnc21. The van der Waals surface area contributed by atoms with Gasteiger partial charge in [0.2, 0.25) is 5.91 Å². The third kappa shape index (κ3) is 3.95. The maximum Gasteiger partial charge on any atom is 0.417 e. The highest BCUT2D eigenvalue weighted by atomic mass is 35.5. The van der Waals surface area contributed by atoms with Crippen LogP contribution in [0.3, 0.4) is 0 Å². The summed E-state index contributed by atoms with van der Waals surface area (Å²) in [7, 11) is 1.65. The van der Waals surface area contributed by atoms with Crippen LogP contribution in [-0.2, 0) is 24.6 Å². The zero-order valence-electron chi connectivity index (χ0n) is 13.9. The number of aromatic nitrogens is 4. The Labute approximate surface area is 155 Å². The molecule has 0 aliphatic heterocycles. The summed E-state index contributed by atoms with van der Waals surface area (Å²) in [6, 6.07) is 3.09. The van der Waals surface area contributed by atoms with Crippen molar-refractivity contribution in [2.24, 2.45) is 7.05 Å². The predicted molar refractivity (Wildman–Crippen MR) is 92.5 cm³/mol. The molecule has 3 rings (SSSR count). The van der Waals surface area contributed by atoms with Gasteiger partial charge in [0.15, 0.2) is 5.65 Å². The molecule has 0 radical (unpaired) electrons. The third-order valence-electron chi connectivity index (χ3n) is 3.85. The van der Waals surface area contributed by atoms with E-state index in [2.05, 4.69) is 15.4 Å². The molecule has 3 aromatic rings. The molecule has 1 aromatic carbocycles. The summed E-state index contributed by atoms with van der Waals surface area (Å²) in [6.45, 7) is 0.0161. The minimum absolute atomic E-state index is 0.0161. The molecule has 0 spiro atoms. The number of carbonyl (C=O) groups is 1. The standard InChI is InChI=1S/C16H13ClF3N5O2/c1-24-14-10(7-22-24)15(27)25(8-21-14)5-4-13(26)23-9-2-3-12(17)11(6-9)16(18,19)20/h2-3,6-8H,4-5H2,1H3,(H,23,26). The fourth-order valence-corrected chi connectivity index (χ4v) is 2.72. The van der Waals surface area contributed by atoms with E-state index in [1.54, 1.807) is 7.05 Å². The van der Waals surface area contributed by atoms with E-state index in [1.165, 1.54) is 27.8 Å². The first-order chi connectivity index (χ1) is 12.7. The molecule has 0 bridgehead atoms. The van der Waals surface area contributed by atoms with Gasteiger partial charge in [-0.15, -0.1) is 0 Å². The predicted octanol–water partition coefficient (Wildman–Crippen LogP) is 2.83. The second-order valence-electron chi connectivity index (χ2n) is 5.74. The van der Waals surface area contributed by atoms with Crippen LogP contribution in [0.25, 0.3) is 11.0 Å². The highest BCUT2D eigenvalue weighted by Gasteiger charge is 2.33. The molecule has 11 heteroatoms. The van der Waals surface area contributed by atoms with E-state index in [0.29, 0.717) is 11.0 Å². The summed E-state index contributed by atoms with van der Waals surface area (Å²) in [5.74, 6) is -0.552. The van der Waals surface area contributed by atoms with Crippen molar-refractivity contribution in [3.63, 3.8) is 0 Å². The molecule has 2 aromatic heterocycles. The number of hydrogen-bond acceptors (Lipinski definition) is 4. The minimum atomic E-state index is -4.63. The average Bonchev–Trinajstić information content (AvgIpc) is 2.97. The molecule has 142 valence electrons. The molecule has 0 aliphatic rings. The van der Waals surface area contributed by atoms with E-state index in [1.807, 2.05) is 0 Å². The molecule has 0 saturated heterocycles. The summed E-state index contributed by atoms with van der Waals surface area (Å²) in [6.07, 6.45) is -2.08. The number of hydrogen-bond donors (Lipinski definition) is 1. The van der Waals surface area contributed by atoms with Crippen LogP contribution in [0.5, 0.6) is 0 Å². The number of rotatable bonds is 4. The van der Waals surface area contributed by atoms with Crippen molar-refractivity contribution in [1.29, 1.82) is 0 Å². The number of aryl methyl sites for hydroxylation is 2. The van der Waals surface area contributed by atoms with Crippen molar-refractivity contribution in [2.45, 2.75) is 19.1 Å². The number of halogens is 4. The lowest BCUT2D eigenvalue weighted by Gasteiger charge is -2.12. The highest BCUT2D eigenvalue weighted by molar-refractivity contribution is 6.31. The van der Waals surface area contributed by atoms with Crippen molar-refractivity contribution in [3.8, 4) is 0 Å². The summed E-state index contributed by atoms with van der Waals surface area (Å²) < 4.78 is 41.3. The van der Waals surface area contributed by atoms with Gasteiger partial charge in [-0.05, 0) is 18.2 Å². The van der Waals surface area contributed by atoms with Crippen LogP contribution in [0.1, 0.15) is 12.0 Å². The molecule has 0 aliphatic carbocycles. The maximum atomic E-state index is 12.9. The second kappa shape index (κ2) is 7.03. The molecule has 27 heavy (non-hydrogen) atoms. The van der Waals surface area contributed by atoms with Crippen molar-refractivity contribution in [2.75, 3.05) is 5.32 Å². The molecule has 1 N–H and O–H groups in total. The van der Waals surface area contributed by atoms with Gasteiger partial charge in [0.1, 0.15) is 5.39 Å². The Morgan fingerprint density at radius 2 is 2.07 bits per heavy atom. The van der Waals surface area contributed by atoms with Gasteiger partial charge in [0.25, 0.3) is 5.56 Å². The quantitative estimate of drug-likeness (QED) is 0.731. The molecular weight excluding hydrogens is 387 g/mol. The summed E-state index contributed by atoms with van der Waals surface area (Å²) in [5.41, 5.74) is -1.01. The lowest BCUT2D eigenvalue weighted by molar-refractivity contribution is -0.137. The van der Waals surface area contributed by atoms with Gasteiger partial charge >= 0.3 is 6.18 Å². The summed E-state index contributed by atoms with van der Waals surface area (Å²) >= 11 is 5.54. The van der Waals surface area contributed by atoms with E-state index >= 15 is 0 Å². The number of alkyl halides is 3. The fraction of sp³-hybridized carbons (Fsp3) is 0.250. The number of nitrogens with zero attached hydrogens (tertiary/aromatic N) is 4. The number of benzene rings is 1. The van der Waals surface area contributed by atoms with Crippen LogP contribution in [0.4, 0.5) is 18.9 Å². The first-order valence-electron chi connectivity index (χ1n) is 7.70. The molecule has 2 heterocycles. The number of amides is 1. The Morgan fingerprint density at radius 1 is 1.33 bits per heavy atom. The van der Waals surface area contributed by atoms with Crippen molar-refractivity contribution in [1.82, 2.24) is 19.3 Å². The average molecular weight is 400 g/mol. The Kier molecular flexibility index (Phi) is 4.92. The smallest absolute Gasteiger partial charge is 0.326 e. The van der Waals surface area contributed by atoms with Crippen molar-refractivity contribution < 1.29 is 18.0 Å². The zero-order chi connectivity index (χ0) is 19.8. The van der Waals surface area contributed by atoms with Crippen LogP contribution in [0, 0.1) is 0 Å². The Morgan fingerprint density at radius 3 is 2.78 bits per heavy atom. The van der Waals surface area contributed by atoms with Crippen LogP contribution in [0.2, 0.25) is 5.02 Å². The normalized spacial score (nSPS) is 11.7. The number of fused-ring (bicyclic) bond motifs is 1. The Balaban J connectivity index is 1.70. The topological polar surface area (TPSA) is 81.8 Å². The highest BCUT2D eigenvalue weighted by Crippen LogP contribution is 2.36. The molecule has 0 unspecified atom stereocenters. The van der Waals surface area contributed by atoms with Crippen LogP contribution in [0.15, 0.2) is 35.5 Å². The first-order valence-corrected chi connectivity index (χ1v) is 8.08. The van der Waals surface area contributed by atoms with E-state index < -0.39 is 22.7 Å². The van der Waals surface area contributed by atoms with Gasteiger partial charge in [0.05, 0.1) is 23.1 Å². The molecule has 7 nitrogen and oxygen atoms in total. The number of anilines is 1. The van der Waals surface area contributed by atoms with E-state index in [0.717, 1.165) is 12.1 Å². The largest absolute Gasteiger partial charge is 0.417 e. The Hall–Kier alpha value is -2.88. The van der Waals surface area contributed by atoms with E-state index in [4.69, 9.17) is 11.6 Å². The summed E-state index contributed by atoms with van der Waals surface area (Å²) in [5, 5.41) is 6.16. The minimum Gasteiger partial charge on any atom is -0.326 e. The van der Waals surface area contributed by atoms with Gasteiger partial charge in [-0.25, -0.2) is 4.98 Å². The lowest BCUT2D eigenvalue weighted by Crippen LogP contribution is -2.23. The third-order valence-corrected chi connectivity index (χ3v) is 4.18. The lowest BCUT2D eigenvalue weighted by atomic mass is 10.2. The number of carbonyl (C=O) groups excluding carboxylic acids is 1. The van der Waals surface area contributed by atoms with E-state index in [9.17, 15) is 22.8 Å². The zero-order valence-corrected chi connectivity index (χ0v) is 14.7. The maximum absolute atomic E-state index is 12.9. The van der Waals surface area contributed by atoms with Crippen LogP contribution < -0.4 is 10.9 Å². The van der Waals surface area contributed by atoms with Gasteiger partial charge in [-0.2, -0.15) is 18.3 Å². The molecule has 0 saturated carbocycles. The van der Waals surface area contributed by atoms with Gasteiger partial charge in [0, 0.05) is 25.7 Å². The second-order valence-corrected chi connectivity index (χ2v) is 6.15. The molecule has 1 amide bonds. The fourth-order valence-electron chi connectivity index (χ4n) is 2.49. The van der Waals surface area contributed by atoms with Crippen LogP contribution >= 0.6 is 11.6 Å². The molecular formula is C16H13ClF3N5O2. The molecule has 0 fully saturated rings. The number of nitrogens with one attached hydrogen (secondary N) is 1. The van der Waals surface area contributed by atoms with Crippen LogP contribution in [-0.4, -0.2) is 25.2 Å². The van der Waals surface area contributed by atoms with Crippen molar-refractivity contribution in [3.05, 3.63) is 51.7 Å². The molecule has 0 atom stereocenters. The Bertz CT molecular complexity index is 1070. The van der Waals surface area contributed by atoms with Gasteiger partial charge in [-0.1, -0.05) is 11.6 Å². The van der Waals surface area contributed by atoms with Gasteiger partial charge in [-0.3, -0.25) is 18.8 Å². The first kappa shape index (κ1) is 18.9. The summed E-state index contributed by atoms with van der Waals surface area (Å²) in [4.78, 5) is 28.4. The van der Waals surface area contributed by atoms with Gasteiger partial charge < -0.3 is 5.32 Å². The van der Waals surface area contributed by atoms with E-state index in [-0.39, 0.29) is 24.2 Å².